The van der Waals surface area contributed by atoms with Gasteiger partial charge in [-0.2, -0.15) is 0 Å². The topological polar surface area (TPSA) is 115 Å². The minimum absolute atomic E-state index is 0.104. The third kappa shape index (κ3) is 3.74. The number of hydrogen-bond acceptors (Lipinski definition) is 5. The maximum atomic E-state index is 11.8. The summed E-state index contributed by atoms with van der Waals surface area (Å²) in [6, 6.07) is 0. The largest absolute Gasteiger partial charge is 0.388 e. The molecule has 2 heterocycles. The molecule has 0 radical (unpaired) electrons. The molecule has 1 aromatic heterocycles. The van der Waals surface area contributed by atoms with E-state index in [1.807, 2.05) is 0 Å². The molecule has 0 amide bonds. The van der Waals surface area contributed by atoms with E-state index in [1.165, 1.54) is 6.20 Å². The van der Waals surface area contributed by atoms with Crippen molar-refractivity contribution in [1.82, 2.24) is 9.97 Å². The average Bonchev–Trinajstić information content (AvgIpc) is 2.64. The van der Waals surface area contributed by atoms with Gasteiger partial charge in [-0.3, -0.25) is 9.78 Å². The van der Waals surface area contributed by atoms with E-state index in [4.69, 9.17) is 4.74 Å². The van der Waals surface area contributed by atoms with Gasteiger partial charge in [0.15, 0.2) is 0 Å². The lowest BCUT2D eigenvalue weighted by Gasteiger charge is -2.18. The zero-order valence-corrected chi connectivity index (χ0v) is 13.0. The summed E-state index contributed by atoms with van der Waals surface area (Å²) in [4.78, 5) is 27.2. The van der Waals surface area contributed by atoms with Gasteiger partial charge >= 0.3 is 5.69 Å². The Hall–Kier alpha value is -1.14. The highest BCUT2D eigenvalue weighted by Crippen LogP contribution is 2.40. The van der Waals surface area contributed by atoms with Crippen LogP contribution in [0.4, 0.5) is 0 Å². The molecule has 21 heavy (non-hydrogen) atoms. The van der Waals surface area contributed by atoms with Crippen LogP contribution in [-0.2, 0) is 4.74 Å². The first kappa shape index (κ1) is 16.2. The zero-order valence-electron chi connectivity index (χ0n) is 12.1. The molecule has 2 rings (SSSR count). The molecule has 1 aromatic rings. The molecule has 0 aromatic carbocycles. The molecular weight excluding hydrogens is 295 g/mol. The Morgan fingerprint density at radius 1 is 1.33 bits per heavy atom. The van der Waals surface area contributed by atoms with Gasteiger partial charge in [-0.1, -0.05) is 0 Å². The molecule has 1 saturated heterocycles. The molecule has 4 atom stereocenters. The van der Waals surface area contributed by atoms with Gasteiger partial charge < -0.3 is 19.9 Å². The first-order valence-electron chi connectivity index (χ1n) is 6.70. The standard InChI is InChI=1S/C13H21N2O5P/c1-21(2,3)5-4-8-9(16)10(17)11(20-8)7-6-14-13(19)15-12(7)18/h6,8-11,16-17H,1,4-5H2,2-3H3,(H2,14,15,18,19)/t8-,9-,10-,11+/m1/s1. The third-order valence-corrected chi connectivity index (χ3v) is 5.00. The molecule has 1 fully saturated rings. The van der Waals surface area contributed by atoms with Crippen LogP contribution < -0.4 is 11.2 Å². The van der Waals surface area contributed by atoms with E-state index in [9.17, 15) is 19.8 Å². The summed E-state index contributed by atoms with van der Waals surface area (Å²) in [7, 11) is 0. The second-order valence-corrected chi connectivity index (χ2v) is 10.4. The van der Waals surface area contributed by atoms with E-state index in [1.54, 1.807) is 0 Å². The number of rotatable bonds is 4. The number of H-pyrrole nitrogens is 2. The van der Waals surface area contributed by atoms with Gasteiger partial charge in [0.05, 0.1) is 11.7 Å². The number of aromatic amines is 2. The highest BCUT2D eigenvalue weighted by atomic mass is 31.2. The number of nitrogens with one attached hydrogen (secondary N) is 2. The molecule has 0 saturated carbocycles. The Morgan fingerprint density at radius 3 is 2.57 bits per heavy atom. The highest BCUT2D eigenvalue weighted by Gasteiger charge is 2.44. The van der Waals surface area contributed by atoms with Gasteiger partial charge in [0.2, 0.25) is 0 Å². The van der Waals surface area contributed by atoms with Crippen LogP contribution in [0, 0.1) is 0 Å². The van der Waals surface area contributed by atoms with Gasteiger partial charge in [0.1, 0.15) is 18.3 Å². The summed E-state index contributed by atoms with van der Waals surface area (Å²) >= 11 is 0. The second-order valence-electron chi connectivity index (χ2n) is 6.05. The van der Waals surface area contributed by atoms with Crippen LogP contribution in [0.3, 0.4) is 0 Å². The molecule has 4 N–H and O–H groups in total. The first-order valence-corrected chi connectivity index (χ1v) is 9.75. The van der Waals surface area contributed by atoms with Gasteiger partial charge in [-0.25, -0.2) is 4.79 Å². The molecule has 0 bridgehead atoms. The van der Waals surface area contributed by atoms with E-state index < -0.39 is 42.6 Å². The minimum atomic E-state index is -1.26. The molecule has 8 heteroatoms. The normalized spacial score (nSPS) is 29.7. The smallest absolute Gasteiger partial charge is 0.325 e. The van der Waals surface area contributed by atoms with Gasteiger partial charge in [0, 0.05) is 6.20 Å². The lowest BCUT2D eigenvalue weighted by Crippen LogP contribution is -2.33. The molecule has 0 aliphatic carbocycles. The summed E-state index contributed by atoms with van der Waals surface area (Å²) in [6.45, 7) is 2.90. The van der Waals surface area contributed by atoms with Crippen LogP contribution in [0.5, 0.6) is 0 Å². The van der Waals surface area contributed by atoms with Crippen molar-refractivity contribution in [2.75, 3.05) is 19.5 Å². The van der Waals surface area contributed by atoms with Crippen molar-refractivity contribution in [1.29, 1.82) is 0 Å². The summed E-state index contributed by atoms with van der Waals surface area (Å²) in [5.74, 6) is 0. The summed E-state index contributed by atoms with van der Waals surface area (Å²) in [5.41, 5.74) is -1.15. The Morgan fingerprint density at radius 2 is 2.00 bits per heavy atom. The summed E-state index contributed by atoms with van der Waals surface area (Å²) in [6.07, 6.45) is 2.93. The molecular formula is C13H21N2O5P. The Bertz CT molecular complexity index is 661. The average molecular weight is 316 g/mol. The van der Waals surface area contributed by atoms with Gasteiger partial charge in [-0.05, 0) is 25.9 Å². The number of hydrogen-bond donors (Lipinski definition) is 4. The maximum absolute atomic E-state index is 11.8. The van der Waals surface area contributed by atoms with Crippen molar-refractivity contribution >= 4 is 13.2 Å². The van der Waals surface area contributed by atoms with Crippen LogP contribution in [0.1, 0.15) is 18.1 Å². The quantitative estimate of drug-likeness (QED) is 0.550. The van der Waals surface area contributed by atoms with Crippen molar-refractivity contribution in [2.24, 2.45) is 0 Å². The zero-order chi connectivity index (χ0) is 15.8. The number of aliphatic hydroxyl groups excluding tert-OH is 2. The third-order valence-electron chi connectivity index (χ3n) is 3.54. The summed E-state index contributed by atoms with van der Waals surface area (Å²) in [5, 5.41) is 20.1. The fourth-order valence-electron chi connectivity index (χ4n) is 2.35. The van der Waals surface area contributed by atoms with E-state index >= 15 is 0 Å². The minimum Gasteiger partial charge on any atom is -0.388 e. The lowest BCUT2D eigenvalue weighted by atomic mass is 10.0. The molecule has 1 aliphatic heterocycles. The predicted molar refractivity (Wildman–Crippen MR) is 82.7 cm³/mol. The van der Waals surface area contributed by atoms with E-state index in [2.05, 4.69) is 29.6 Å². The number of aromatic nitrogens is 2. The van der Waals surface area contributed by atoms with Crippen LogP contribution in [0.25, 0.3) is 0 Å². The lowest BCUT2D eigenvalue weighted by molar-refractivity contribution is 0.00513. The molecule has 0 spiro atoms. The monoisotopic (exact) mass is 316 g/mol. The van der Waals surface area contributed by atoms with Crippen LogP contribution >= 0.6 is 6.89 Å². The van der Waals surface area contributed by atoms with Gasteiger partial charge in [-0.15, -0.1) is 13.2 Å². The molecule has 1 aliphatic rings. The first-order chi connectivity index (χ1) is 9.69. The summed E-state index contributed by atoms with van der Waals surface area (Å²) < 4.78 is 5.64. The van der Waals surface area contributed by atoms with Gasteiger partial charge in [0.25, 0.3) is 5.56 Å². The SMILES string of the molecule is C=P(C)(C)CC[C@H]1O[C@@H](c2c[nH]c(=O)[nH]c2=O)[C@H](O)[C@@H]1O. The Balaban J connectivity index is 2.18. The van der Waals surface area contributed by atoms with E-state index in [0.29, 0.717) is 6.42 Å². The van der Waals surface area contributed by atoms with Crippen molar-refractivity contribution in [3.63, 3.8) is 0 Å². The molecule has 118 valence electrons. The Kier molecular flexibility index (Phi) is 4.58. The van der Waals surface area contributed by atoms with Crippen LogP contribution in [-0.4, -0.2) is 64.3 Å². The Labute approximate surface area is 122 Å². The van der Waals surface area contributed by atoms with Crippen LogP contribution in [0.2, 0.25) is 0 Å². The molecule has 0 unspecified atom stereocenters. The predicted octanol–water partition coefficient (Wildman–Crippen LogP) is -0.676. The molecule has 7 nitrogen and oxygen atoms in total. The fourth-order valence-corrected chi connectivity index (χ4v) is 3.31. The van der Waals surface area contributed by atoms with Crippen molar-refractivity contribution in [3.05, 3.63) is 32.6 Å². The van der Waals surface area contributed by atoms with E-state index in [-0.39, 0.29) is 5.56 Å². The van der Waals surface area contributed by atoms with Crippen LogP contribution in [0.15, 0.2) is 15.8 Å². The number of ether oxygens (including phenoxy) is 1. The maximum Gasteiger partial charge on any atom is 0.325 e. The second kappa shape index (κ2) is 5.93. The fraction of sp³-hybridized carbons (Fsp3) is 0.615. The van der Waals surface area contributed by atoms with E-state index in [0.717, 1.165) is 6.16 Å². The number of aliphatic hydroxyl groups is 2. The highest BCUT2D eigenvalue weighted by molar-refractivity contribution is 7.72. The van der Waals surface area contributed by atoms with Crippen molar-refractivity contribution < 1.29 is 14.9 Å². The van der Waals surface area contributed by atoms with Crippen molar-refractivity contribution in [3.8, 4) is 0 Å². The van der Waals surface area contributed by atoms with Crippen molar-refractivity contribution in [2.45, 2.75) is 30.8 Å².